The van der Waals surface area contributed by atoms with Gasteiger partial charge in [-0.05, 0) is 84.9 Å². The molecule has 0 aliphatic heterocycles. The summed E-state index contributed by atoms with van der Waals surface area (Å²) in [6, 6.07) is 15.5. The lowest BCUT2D eigenvalue weighted by molar-refractivity contribution is -0.149. The molecule has 0 saturated carbocycles. The van der Waals surface area contributed by atoms with Gasteiger partial charge in [0.25, 0.3) is 0 Å². The molecule has 2 atom stereocenters. The summed E-state index contributed by atoms with van der Waals surface area (Å²) < 4.78 is 5.53. The van der Waals surface area contributed by atoms with Crippen LogP contribution in [0.5, 0.6) is 0 Å². The number of benzene rings is 2. The normalized spacial score (nSPS) is 13.7. The first-order valence-electron chi connectivity index (χ1n) is 14.2. The van der Waals surface area contributed by atoms with Gasteiger partial charge in [-0.25, -0.2) is 4.79 Å². The molecule has 2 unspecified atom stereocenters. The number of alkyl carbamates (subject to hydrolysis) is 1. The summed E-state index contributed by atoms with van der Waals surface area (Å²) in [6.45, 7) is 19.1. The molecule has 0 aliphatic carbocycles. The molecule has 7 nitrogen and oxygen atoms in total. The van der Waals surface area contributed by atoms with Gasteiger partial charge in [0.2, 0.25) is 11.8 Å². The lowest BCUT2D eigenvalue weighted by Crippen LogP contribution is -2.60. The SMILES string of the molecule is CCc1ccc(C(C(=O)NC(C)(C)C)N(C(=O)C(Cc2ccccc2)NC(=O)OC(C)(C)C)C(C)(C)CC)cc1. The van der Waals surface area contributed by atoms with Crippen molar-refractivity contribution in [3.05, 3.63) is 71.3 Å². The summed E-state index contributed by atoms with van der Waals surface area (Å²) in [4.78, 5) is 43.2. The van der Waals surface area contributed by atoms with Crippen LogP contribution in [-0.4, -0.2) is 45.5 Å². The van der Waals surface area contributed by atoms with Crippen molar-refractivity contribution in [3.63, 3.8) is 0 Å². The minimum atomic E-state index is -0.956. The van der Waals surface area contributed by atoms with Gasteiger partial charge in [-0.15, -0.1) is 0 Å². The largest absolute Gasteiger partial charge is 0.444 e. The summed E-state index contributed by atoms with van der Waals surface area (Å²) in [5.41, 5.74) is 0.772. The number of amides is 3. The van der Waals surface area contributed by atoms with Crippen LogP contribution in [0.3, 0.4) is 0 Å². The van der Waals surface area contributed by atoms with E-state index in [1.54, 1.807) is 25.7 Å². The quantitative estimate of drug-likeness (QED) is 0.360. The van der Waals surface area contributed by atoms with Crippen LogP contribution in [0.4, 0.5) is 4.79 Å². The van der Waals surface area contributed by atoms with Crippen molar-refractivity contribution in [2.24, 2.45) is 0 Å². The zero-order valence-electron chi connectivity index (χ0n) is 26.1. The first-order valence-corrected chi connectivity index (χ1v) is 14.2. The number of carbonyl (C=O) groups is 3. The number of hydrogen-bond acceptors (Lipinski definition) is 4. The van der Waals surface area contributed by atoms with Crippen molar-refractivity contribution in [2.45, 2.75) is 117 Å². The van der Waals surface area contributed by atoms with E-state index in [0.717, 1.165) is 17.5 Å². The van der Waals surface area contributed by atoms with Gasteiger partial charge in [0.1, 0.15) is 17.7 Å². The van der Waals surface area contributed by atoms with Crippen LogP contribution in [0.1, 0.15) is 98.4 Å². The second-order valence-corrected chi connectivity index (χ2v) is 13.0. The Balaban J connectivity index is 2.67. The average molecular weight is 552 g/mol. The van der Waals surface area contributed by atoms with Gasteiger partial charge in [0.15, 0.2) is 0 Å². The molecule has 2 N–H and O–H groups in total. The molecule has 3 amide bonds. The maximum atomic E-state index is 14.6. The van der Waals surface area contributed by atoms with Crippen LogP contribution in [0.25, 0.3) is 0 Å². The monoisotopic (exact) mass is 551 g/mol. The Labute approximate surface area is 241 Å². The van der Waals surface area contributed by atoms with E-state index in [1.165, 1.54) is 0 Å². The molecule has 0 saturated heterocycles. The van der Waals surface area contributed by atoms with Gasteiger partial charge in [-0.3, -0.25) is 9.59 Å². The van der Waals surface area contributed by atoms with E-state index in [2.05, 4.69) is 17.6 Å². The molecule has 2 aromatic carbocycles. The molecule has 40 heavy (non-hydrogen) atoms. The Bertz CT molecular complexity index is 1130. The fourth-order valence-electron chi connectivity index (χ4n) is 4.40. The molecule has 0 aliphatic rings. The highest BCUT2D eigenvalue weighted by Crippen LogP contribution is 2.33. The summed E-state index contributed by atoms with van der Waals surface area (Å²) in [7, 11) is 0. The molecule has 2 rings (SSSR count). The van der Waals surface area contributed by atoms with E-state index >= 15 is 0 Å². The van der Waals surface area contributed by atoms with Crippen LogP contribution in [-0.2, 0) is 27.2 Å². The highest BCUT2D eigenvalue weighted by molar-refractivity contribution is 5.93. The van der Waals surface area contributed by atoms with Gasteiger partial charge < -0.3 is 20.3 Å². The summed E-state index contributed by atoms with van der Waals surface area (Å²) in [5.74, 6) is -0.627. The smallest absolute Gasteiger partial charge is 0.408 e. The standard InChI is InChI=1S/C33H49N3O4/c1-11-23-18-20-25(21-19-23)27(28(37)35-31(3,4)5)36(33(9,10)12-2)29(38)26(22-24-16-14-13-15-17-24)34-30(39)40-32(6,7)8/h13-21,26-27H,11-12,22H2,1-10H3,(H,34,39)(H,35,37). The molecule has 220 valence electrons. The van der Waals surface area contributed by atoms with Crippen molar-refractivity contribution in [1.29, 1.82) is 0 Å². The van der Waals surface area contributed by atoms with Crippen LogP contribution in [0.15, 0.2) is 54.6 Å². The van der Waals surface area contributed by atoms with E-state index in [0.29, 0.717) is 12.0 Å². The number of ether oxygens (including phenoxy) is 1. The second kappa shape index (κ2) is 13.3. The Morgan fingerprint density at radius 1 is 0.825 bits per heavy atom. The van der Waals surface area contributed by atoms with Gasteiger partial charge in [0, 0.05) is 17.5 Å². The third kappa shape index (κ3) is 9.68. The predicted molar refractivity (Wildman–Crippen MR) is 161 cm³/mol. The van der Waals surface area contributed by atoms with Gasteiger partial charge in [-0.1, -0.05) is 68.4 Å². The van der Waals surface area contributed by atoms with Crippen molar-refractivity contribution < 1.29 is 19.1 Å². The van der Waals surface area contributed by atoms with E-state index in [9.17, 15) is 14.4 Å². The highest BCUT2D eigenvalue weighted by atomic mass is 16.6. The Morgan fingerprint density at radius 3 is 1.88 bits per heavy atom. The Morgan fingerprint density at radius 2 is 1.40 bits per heavy atom. The minimum absolute atomic E-state index is 0.248. The molecule has 0 aromatic heterocycles. The molecule has 2 aromatic rings. The van der Waals surface area contributed by atoms with Crippen molar-refractivity contribution in [1.82, 2.24) is 15.5 Å². The maximum absolute atomic E-state index is 14.6. The minimum Gasteiger partial charge on any atom is -0.444 e. The topological polar surface area (TPSA) is 87.7 Å². The lowest BCUT2D eigenvalue weighted by Gasteiger charge is -2.45. The van der Waals surface area contributed by atoms with Crippen LogP contribution in [0, 0.1) is 0 Å². The predicted octanol–water partition coefficient (Wildman–Crippen LogP) is 6.36. The fourth-order valence-corrected chi connectivity index (χ4v) is 4.40. The third-order valence-electron chi connectivity index (χ3n) is 6.73. The maximum Gasteiger partial charge on any atom is 0.408 e. The molecule has 0 radical (unpaired) electrons. The summed E-state index contributed by atoms with van der Waals surface area (Å²) in [5, 5.41) is 5.92. The molecular formula is C33H49N3O4. The molecule has 0 fully saturated rings. The highest BCUT2D eigenvalue weighted by Gasteiger charge is 2.43. The second-order valence-electron chi connectivity index (χ2n) is 13.0. The third-order valence-corrected chi connectivity index (χ3v) is 6.73. The average Bonchev–Trinajstić information content (AvgIpc) is 2.84. The summed E-state index contributed by atoms with van der Waals surface area (Å²) in [6.07, 6.45) is 1.02. The Hall–Kier alpha value is -3.35. The number of nitrogens with zero attached hydrogens (tertiary/aromatic N) is 1. The van der Waals surface area contributed by atoms with Crippen molar-refractivity contribution in [3.8, 4) is 0 Å². The zero-order valence-corrected chi connectivity index (χ0v) is 26.1. The van der Waals surface area contributed by atoms with Gasteiger partial charge in [0.05, 0.1) is 0 Å². The molecule has 0 heterocycles. The van der Waals surface area contributed by atoms with E-state index in [-0.39, 0.29) is 18.2 Å². The van der Waals surface area contributed by atoms with Crippen molar-refractivity contribution in [2.75, 3.05) is 0 Å². The summed E-state index contributed by atoms with van der Waals surface area (Å²) >= 11 is 0. The fraction of sp³-hybridized carbons (Fsp3) is 0.545. The number of carbonyl (C=O) groups excluding carboxylic acids is 3. The molecular weight excluding hydrogens is 502 g/mol. The van der Waals surface area contributed by atoms with Gasteiger partial charge in [-0.2, -0.15) is 0 Å². The first-order chi connectivity index (χ1) is 18.5. The van der Waals surface area contributed by atoms with Crippen molar-refractivity contribution >= 4 is 17.9 Å². The van der Waals surface area contributed by atoms with Gasteiger partial charge >= 0.3 is 6.09 Å². The lowest BCUT2D eigenvalue weighted by atomic mass is 9.90. The first kappa shape index (κ1) is 32.9. The molecule has 0 spiro atoms. The number of rotatable bonds is 10. The zero-order chi connectivity index (χ0) is 30.3. The number of hydrogen-bond donors (Lipinski definition) is 2. The van der Waals surface area contributed by atoms with Crippen LogP contribution >= 0.6 is 0 Å². The Kier molecular flexibility index (Phi) is 11.0. The molecule has 7 heteroatoms. The number of aryl methyl sites for hydroxylation is 1. The number of nitrogens with one attached hydrogen (secondary N) is 2. The van der Waals surface area contributed by atoms with E-state index in [1.807, 2.05) is 96.1 Å². The van der Waals surface area contributed by atoms with E-state index in [4.69, 9.17) is 4.74 Å². The van der Waals surface area contributed by atoms with E-state index < -0.39 is 34.9 Å². The van der Waals surface area contributed by atoms with Crippen LogP contribution in [0.2, 0.25) is 0 Å². The van der Waals surface area contributed by atoms with Crippen LogP contribution < -0.4 is 10.6 Å². The molecule has 0 bridgehead atoms.